The maximum Gasteiger partial charge on any atom is 0.303 e. The number of carbonyl (C=O) groups excluding carboxylic acids is 1. The fourth-order valence-corrected chi connectivity index (χ4v) is 2.66. The van der Waals surface area contributed by atoms with Crippen molar-refractivity contribution < 1.29 is 19.1 Å². The van der Waals surface area contributed by atoms with Crippen LogP contribution in [-0.4, -0.2) is 22.0 Å². The first kappa shape index (κ1) is 15.2. The van der Waals surface area contributed by atoms with Crippen molar-refractivity contribution in [2.24, 2.45) is 0 Å². The van der Waals surface area contributed by atoms with Crippen LogP contribution >= 0.6 is 11.3 Å². The zero-order valence-corrected chi connectivity index (χ0v) is 12.6. The van der Waals surface area contributed by atoms with Crippen LogP contribution in [0.3, 0.4) is 0 Å². The van der Waals surface area contributed by atoms with Gasteiger partial charge in [-0.1, -0.05) is 0 Å². The number of nitrogens with zero attached hydrogens (tertiary/aromatic N) is 1. The number of rotatable bonds is 6. The van der Waals surface area contributed by atoms with Gasteiger partial charge < -0.3 is 9.52 Å². The maximum atomic E-state index is 12.1. The van der Waals surface area contributed by atoms with Crippen LogP contribution in [0.25, 0.3) is 0 Å². The van der Waals surface area contributed by atoms with E-state index in [0.29, 0.717) is 35.1 Å². The number of furan rings is 1. The zero-order chi connectivity index (χ0) is 15.4. The first-order valence-electron chi connectivity index (χ1n) is 6.50. The Morgan fingerprint density at radius 2 is 2.19 bits per heavy atom. The van der Waals surface area contributed by atoms with Crippen LogP contribution in [0.2, 0.25) is 0 Å². The van der Waals surface area contributed by atoms with Gasteiger partial charge in [-0.25, -0.2) is 4.98 Å². The van der Waals surface area contributed by atoms with Crippen molar-refractivity contribution in [3.05, 3.63) is 34.2 Å². The molecule has 2 aromatic rings. The fourth-order valence-electron chi connectivity index (χ4n) is 1.92. The van der Waals surface area contributed by atoms with E-state index in [0.717, 1.165) is 5.69 Å². The molecule has 1 amide bonds. The summed E-state index contributed by atoms with van der Waals surface area (Å²) < 4.78 is 5.32. The summed E-state index contributed by atoms with van der Waals surface area (Å²) in [5.41, 5.74) is 1.28. The quantitative estimate of drug-likeness (QED) is 0.855. The molecule has 0 fully saturated rings. The standard InChI is InChI=1S/C14H16N2O4S/c1-8-6-11(9(2)20-8)13(19)16-14-15-10(7-21-14)4-3-5-12(17)18/h6-7H,3-5H2,1-2H3,(H,17,18)(H,15,16,19). The Hall–Kier alpha value is -2.15. The molecule has 0 unspecified atom stereocenters. The summed E-state index contributed by atoms with van der Waals surface area (Å²) in [5, 5.41) is 13.6. The molecule has 112 valence electrons. The Morgan fingerprint density at radius 3 is 2.81 bits per heavy atom. The number of aryl methyl sites for hydroxylation is 3. The second-order valence-corrected chi connectivity index (χ2v) is 5.53. The lowest BCUT2D eigenvalue weighted by atomic mass is 10.2. The van der Waals surface area contributed by atoms with Gasteiger partial charge in [0, 0.05) is 11.8 Å². The number of nitrogens with one attached hydrogen (secondary N) is 1. The second-order valence-electron chi connectivity index (χ2n) is 4.67. The van der Waals surface area contributed by atoms with E-state index in [4.69, 9.17) is 9.52 Å². The smallest absolute Gasteiger partial charge is 0.303 e. The van der Waals surface area contributed by atoms with Crippen LogP contribution in [0.5, 0.6) is 0 Å². The number of thiazole rings is 1. The number of hydrogen-bond donors (Lipinski definition) is 2. The number of amides is 1. The van der Waals surface area contributed by atoms with E-state index in [1.54, 1.807) is 19.9 Å². The minimum absolute atomic E-state index is 0.118. The summed E-state index contributed by atoms with van der Waals surface area (Å²) in [6, 6.07) is 1.69. The van der Waals surface area contributed by atoms with Crippen molar-refractivity contribution in [1.82, 2.24) is 4.98 Å². The molecule has 21 heavy (non-hydrogen) atoms. The SMILES string of the molecule is Cc1cc(C(=O)Nc2nc(CCCC(=O)O)cs2)c(C)o1. The number of carboxylic acids is 1. The summed E-state index contributed by atoms with van der Waals surface area (Å²) >= 11 is 1.32. The molecule has 7 heteroatoms. The van der Waals surface area contributed by atoms with E-state index in [1.807, 2.05) is 5.38 Å². The number of carboxylic acid groups (broad SMARTS) is 1. The predicted molar refractivity (Wildman–Crippen MR) is 78.8 cm³/mol. The molecule has 2 N–H and O–H groups in total. The highest BCUT2D eigenvalue weighted by Crippen LogP contribution is 2.20. The summed E-state index contributed by atoms with van der Waals surface area (Å²) in [6.45, 7) is 3.52. The molecule has 6 nitrogen and oxygen atoms in total. The lowest BCUT2D eigenvalue weighted by Gasteiger charge is -1.99. The summed E-state index contributed by atoms with van der Waals surface area (Å²) in [4.78, 5) is 26.8. The Bertz CT molecular complexity index is 660. The molecule has 2 rings (SSSR count). The highest BCUT2D eigenvalue weighted by molar-refractivity contribution is 7.13. The summed E-state index contributed by atoms with van der Waals surface area (Å²) in [7, 11) is 0. The van der Waals surface area contributed by atoms with Crippen molar-refractivity contribution >= 4 is 28.3 Å². The fraction of sp³-hybridized carbons (Fsp3) is 0.357. The average molecular weight is 308 g/mol. The number of carbonyl (C=O) groups is 2. The molecule has 0 bridgehead atoms. The van der Waals surface area contributed by atoms with Crippen LogP contribution in [0.4, 0.5) is 5.13 Å². The van der Waals surface area contributed by atoms with E-state index in [1.165, 1.54) is 11.3 Å². The van der Waals surface area contributed by atoms with E-state index >= 15 is 0 Å². The Kier molecular flexibility index (Phi) is 4.74. The van der Waals surface area contributed by atoms with E-state index in [-0.39, 0.29) is 12.3 Å². The molecule has 2 heterocycles. The van der Waals surface area contributed by atoms with Gasteiger partial charge in [0.05, 0.1) is 11.3 Å². The molecule has 0 saturated heterocycles. The molecule has 0 aromatic carbocycles. The summed E-state index contributed by atoms with van der Waals surface area (Å²) in [5.74, 6) is 0.190. The van der Waals surface area contributed by atoms with Crippen molar-refractivity contribution in [2.75, 3.05) is 5.32 Å². The van der Waals surface area contributed by atoms with Gasteiger partial charge in [0.15, 0.2) is 5.13 Å². The molecule has 0 radical (unpaired) electrons. The first-order valence-corrected chi connectivity index (χ1v) is 7.38. The lowest BCUT2D eigenvalue weighted by Crippen LogP contribution is -2.12. The highest BCUT2D eigenvalue weighted by Gasteiger charge is 2.15. The molecule has 2 aromatic heterocycles. The van der Waals surface area contributed by atoms with Crippen molar-refractivity contribution in [1.29, 1.82) is 0 Å². The van der Waals surface area contributed by atoms with E-state index in [9.17, 15) is 9.59 Å². The monoisotopic (exact) mass is 308 g/mol. The topological polar surface area (TPSA) is 92.4 Å². The third-order valence-corrected chi connectivity index (χ3v) is 3.69. The second kappa shape index (κ2) is 6.53. The van der Waals surface area contributed by atoms with Gasteiger partial charge in [-0.2, -0.15) is 0 Å². The van der Waals surface area contributed by atoms with Crippen molar-refractivity contribution in [3.8, 4) is 0 Å². The van der Waals surface area contributed by atoms with Gasteiger partial charge in [0.2, 0.25) is 0 Å². The zero-order valence-electron chi connectivity index (χ0n) is 11.8. The Balaban J connectivity index is 1.94. The number of aliphatic carboxylic acids is 1. The maximum absolute atomic E-state index is 12.1. The third kappa shape index (κ3) is 4.16. The van der Waals surface area contributed by atoms with Gasteiger partial charge in [0.25, 0.3) is 5.91 Å². The van der Waals surface area contributed by atoms with Gasteiger partial charge in [-0.3, -0.25) is 14.9 Å². The minimum atomic E-state index is -0.815. The first-order chi connectivity index (χ1) is 9.95. The molecule has 0 spiro atoms. The third-order valence-electron chi connectivity index (χ3n) is 2.88. The number of anilines is 1. The lowest BCUT2D eigenvalue weighted by molar-refractivity contribution is -0.137. The molecule has 0 atom stereocenters. The van der Waals surface area contributed by atoms with Crippen LogP contribution in [0.1, 0.15) is 40.4 Å². The van der Waals surface area contributed by atoms with Crippen LogP contribution in [0.15, 0.2) is 15.9 Å². The Labute approximate surface area is 125 Å². The molecule has 0 saturated carbocycles. The van der Waals surface area contributed by atoms with E-state index < -0.39 is 5.97 Å². The molecule has 0 aliphatic carbocycles. The highest BCUT2D eigenvalue weighted by atomic mass is 32.1. The van der Waals surface area contributed by atoms with Gasteiger partial charge >= 0.3 is 5.97 Å². The molecule has 0 aliphatic heterocycles. The minimum Gasteiger partial charge on any atom is -0.481 e. The normalized spacial score (nSPS) is 10.6. The van der Waals surface area contributed by atoms with Crippen LogP contribution < -0.4 is 5.32 Å². The van der Waals surface area contributed by atoms with E-state index in [2.05, 4.69) is 10.3 Å². The average Bonchev–Trinajstić information content (AvgIpc) is 2.95. The van der Waals surface area contributed by atoms with Crippen molar-refractivity contribution in [3.63, 3.8) is 0 Å². The van der Waals surface area contributed by atoms with Crippen molar-refractivity contribution in [2.45, 2.75) is 33.1 Å². The summed E-state index contributed by atoms with van der Waals surface area (Å²) in [6.07, 6.45) is 1.24. The predicted octanol–water partition coefficient (Wildman–Crippen LogP) is 3.01. The molecular formula is C14H16N2O4S. The number of aromatic nitrogens is 1. The van der Waals surface area contributed by atoms with Gasteiger partial charge in [0.1, 0.15) is 11.5 Å². The van der Waals surface area contributed by atoms with Crippen LogP contribution in [-0.2, 0) is 11.2 Å². The largest absolute Gasteiger partial charge is 0.481 e. The Morgan fingerprint density at radius 1 is 1.43 bits per heavy atom. The number of hydrogen-bond acceptors (Lipinski definition) is 5. The molecule has 0 aliphatic rings. The van der Waals surface area contributed by atoms with Crippen LogP contribution in [0, 0.1) is 13.8 Å². The van der Waals surface area contributed by atoms with Gasteiger partial charge in [-0.15, -0.1) is 11.3 Å². The van der Waals surface area contributed by atoms with Gasteiger partial charge in [-0.05, 0) is 32.8 Å². The molecular weight excluding hydrogens is 292 g/mol.